The quantitative estimate of drug-likeness (QED) is 0.0693. The summed E-state index contributed by atoms with van der Waals surface area (Å²) in [5.41, 5.74) is 2.85. The second-order valence-electron chi connectivity index (χ2n) is 49.5. The van der Waals surface area contributed by atoms with E-state index in [9.17, 15) is 0 Å². The molecule has 0 aliphatic carbocycles. The van der Waals surface area contributed by atoms with Crippen LogP contribution in [0.15, 0.2) is 0 Å². The van der Waals surface area contributed by atoms with Gasteiger partial charge in [0.15, 0.2) is 0 Å². The molecule has 4 saturated heterocycles. The van der Waals surface area contributed by atoms with Gasteiger partial charge in [0, 0.05) is 211 Å². The van der Waals surface area contributed by atoms with E-state index in [1.165, 1.54) is 130 Å². The van der Waals surface area contributed by atoms with E-state index in [1.807, 2.05) is 21.1 Å². The summed E-state index contributed by atoms with van der Waals surface area (Å²) in [5, 5.41) is 3.13. The molecule has 0 aromatic carbocycles. The van der Waals surface area contributed by atoms with Crippen molar-refractivity contribution >= 4 is 0 Å². The first kappa shape index (κ1) is 140. The van der Waals surface area contributed by atoms with Crippen LogP contribution in [0.3, 0.4) is 0 Å². The second kappa shape index (κ2) is 70.7. The third kappa shape index (κ3) is 83.3. The molecule has 0 aromatic rings. The van der Waals surface area contributed by atoms with Gasteiger partial charge in [-0.1, -0.05) is 20.8 Å². The van der Waals surface area contributed by atoms with Crippen LogP contribution in [0.1, 0.15) is 288 Å². The van der Waals surface area contributed by atoms with E-state index in [0.717, 1.165) is 110 Å². The summed E-state index contributed by atoms with van der Waals surface area (Å²) in [4.78, 5) is 47.7. The first-order valence-electron chi connectivity index (χ1n) is 50.9. The number of nitrogens with zero attached hydrogens (tertiary/aromatic N) is 20. The van der Waals surface area contributed by atoms with E-state index >= 15 is 0 Å². The summed E-state index contributed by atoms with van der Waals surface area (Å²) >= 11 is 0. The van der Waals surface area contributed by atoms with Gasteiger partial charge in [-0.15, -0.1) is 0 Å². The first-order valence-corrected chi connectivity index (χ1v) is 50.9. The molecule has 782 valence electrons. The average Bonchev–Trinajstić information content (AvgIpc) is 0.935. The normalized spacial score (nSPS) is 16.3. The molecule has 4 aliphatic rings. The lowest BCUT2D eigenvalue weighted by molar-refractivity contribution is -0.00872. The monoisotopic (exact) mass is 1830 g/mol. The number of rotatable bonds is 32. The highest BCUT2D eigenvalue weighted by atomic mass is 16.5. The lowest BCUT2D eigenvalue weighted by Gasteiger charge is -2.45. The standard InChI is InChI=1S/2C11H24N2.2C11H26N2.2C10H24N2.C9H20N2.C9H22N2.C8H18N2.C8H20N2.C8H19NO/c1-11(2,3)13-8-6-10(7-9-13)12(4)5;1-11(2,3)12(4)9-10-13-7-5-6-8-13;1-10(2)12(6)8-9-13(7)11(3,4)5;1-7-13(8-2)10-9-12(6)11(3,4)5;1-10(2,3)12(6)9-7-8-11(4)5;1-7-11(5)8-9-12(6)10(2,3)4;1-9(2,3)11-7-5-10(4)6-8-11;1-9(2,3)11(6)8-7-10(4)5;1-7(2)10-5-8(6-10)9(3)4;1-8(2,3)10(5)7-6-9-4;1-8(2,3)10-7-6-9(4)5/h10H,6-9H2,1-5H3;5-10H2,1-4H3;10H,8-9H2,1-7H3;7-10H2,1-6H3;2*7-9H2,1-6H3;5-8H2,1-4H3;7-8H2,1-6H3;7-8H,5-6H2,1-4H3;9H,6-7H2,1-5H3;6-7H2,1-5H3. The van der Waals surface area contributed by atoms with E-state index in [0.29, 0.717) is 50.4 Å². The number of ether oxygens (including phenoxy) is 1. The van der Waals surface area contributed by atoms with Crippen LogP contribution in [0.5, 0.6) is 0 Å². The highest BCUT2D eigenvalue weighted by molar-refractivity contribution is 4.89. The Balaban J connectivity index is -0.000000252. The van der Waals surface area contributed by atoms with E-state index in [-0.39, 0.29) is 11.1 Å². The maximum atomic E-state index is 5.50. The topological polar surface area (TPSA) is 86.1 Å². The molecule has 0 atom stereocenters. The number of hydrogen-bond donors (Lipinski definition) is 1. The molecule has 0 spiro atoms. The van der Waals surface area contributed by atoms with Crippen LogP contribution in [-0.2, 0) is 4.74 Å². The van der Waals surface area contributed by atoms with Crippen molar-refractivity contribution in [3.05, 3.63) is 0 Å². The smallest absolute Gasteiger partial charge is 0.0600 e. The molecule has 0 amide bonds. The van der Waals surface area contributed by atoms with Gasteiger partial charge in [-0.05, 0) is 461 Å². The van der Waals surface area contributed by atoms with Crippen molar-refractivity contribution in [2.24, 2.45) is 0 Å². The largest absolute Gasteiger partial charge is 0.375 e. The zero-order valence-electron chi connectivity index (χ0n) is 99.2. The SMILES string of the molecule is CC(C)N(C)CCN(C)C(C)(C)C.CC(C)N1CC(N(C)C)C1.CCN(C)CCN(C)C(C)(C)C.CCN(CC)CCN(C)C(C)(C)C.CN(C)C1CCN(C(C)(C)C)CC1.CN(C)CCCN(C)C(C)(C)C.CN(C)CCN(C)C(C)(C)C.CN(C)CCOC(C)(C)C.CN(CCN1CCCC1)C(C)(C)C.CN1CCN(C(C)(C)C)CC1.CNCCN(C)C(C)(C)C. The predicted octanol–water partition coefficient (Wildman–Crippen LogP) is 16.3. The van der Waals surface area contributed by atoms with Gasteiger partial charge in [-0.3, -0.25) is 14.7 Å². The maximum Gasteiger partial charge on any atom is 0.0600 e. The van der Waals surface area contributed by atoms with Crippen molar-refractivity contribution in [1.82, 2.24) is 103 Å². The van der Waals surface area contributed by atoms with Crippen molar-refractivity contribution in [2.45, 2.75) is 368 Å². The number of piperazine rings is 1. The summed E-state index contributed by atoms with van der Waals surface area (Å²) in [7, 11) is 45.1. The summed E-state index contributed by atoms with van der Waals surface area (Å²) in [6.45, 7) is 117. The van der Waals surface area contributed by atoms with Crippen molar-refractivity contribution in [2.75, 3.05) is 338 Å². The number of piperidine rings is 1. The zero-order valence-corrected chi connectivity index (χ0v) is 99.2. The van der Waals surface area contributed by atoms with Gasteiger partial charge in [0.05, 0.1) is 12.2 Å². The molecule has 0 bridgehead atoms. The van der Waals surface area contributed by atoms with Crippen LogP contribution < -0.4 is 5.32 Å². The van der Waals surface area contributed by atoms with E-state index < -0.39 is 0 Å². The van der Waals surface area contributed by atoms with E-state index in [1.54, 1.807) is 0 Å². The lowest BCUT2D eigenvalue weighted by atomic mass is 9.98. The molecule has 1 N–H and O–H groups in total. The van der Waals surface area contributed by atoms with E-state index in [2.05, 4.69) is 486 Å². The molecule has 0 unspecified atom stereocenters. The Labute approximate surface area is 809 Å². The van der Waals surface area contributed by atoms with Gasteiger partial charge >= 0.3 is 0 Å². The number of likely N-dealkylation sites (N-methyl/N-ethyl adjacent to an activating group) is 14. The molecule has 4 heterocycles. The summed E-state index contributed by atoms with van der Waals surface area (Å²) < 4.78 is 5.50. The third-order valence-corrected chi connectivity index (χ3v) is 26.3. The van der Waals surface area contributed by atoms with Crippen molar-refractivity contribution in [3.8, 4) is 0 Å². The minimum atomic E-state index is 0.00993. The van der Waals surface area contributed by atoms with Crippen molar-refractivity contribution < 1.29 is 4.74 Å². The fourth-order valence-electron chi connectivity index (χ4n) is 12.1. The van der Waals surface area contributed by atoms with Gasteiger partial charge in [0.25, 0.3) is 0 Å². The number of nitrogens with one attached hydrogen (secondary N) is 1. The van der Waals surface area contributed by atoms with E-state index in [4.69, 9.17) is 4.74 Å². The minimum absolute atomic E-state index is 0.00993. The molecule has 0 aromatic heterocycles. The number of hydrogen-bond acceptors (Lipinski definition) is 22. The Hall–Kier alpha value is -0.880. The van der Waals surface area contributed by atoms with Gasteiger partial charge in [0.2, 0.25) is 0 Å². The molecule has 4 rings (SSSR count). The highest BCUT2D eigenvalue weighted by Crippen LogP contribution is 2.23. The summed E-state index contributed by atoms with van der Waals surface area (Å²) in [6.07, 6.45) is 6.70. The summed E-state index contributed by atoms with van der Waals surface area (Å²) in [5.74, 6) is 0. The molecular weight excluding hydrogens is 1580 g/mol. The van der Waals surface area contributed by atoms with Crippen LogP contribution in [0, 0.1) is 0 Å². The van der Waals surface area contributed by atoms with Gasteiger partial charge < -0.3 is 93.4 Å². The van der Waals surface area contributed by atoms with Crippen molar-refractivity contribution in [3.63, 3.8) is 0 Å². The molecule has 0 saturated carbocycles. The minimum Gasteiger partial charge on any atom is -0.375 e. The Morgan fingerprint density at radius 2 is 0.672 bits per heavy atom. The van der Waals surface area contributed by atoms with Gasteiger partial charge in [0.1, 0.15) is 0 Å². The third-order valence-electron chi connectivity index (χ3n) is 26.3. The molecule has 128 heavy (non-hydrogen) atoms. The Morgan fingerprint density at radius 3 is 0.977 bits per heavy atom. The molecule has 0 radical (unpaired) electrons. The first-order chi connectivity index (χ1) is 57.6. The molecule has 4 fully saturated rings. The Kier molecular flexibility index (Phi) is 77.4. The summed E-state index contributed by atoms with van der Waals surface area (Å²) in [6, 6.07) is 2.99. The van der Waals surface area contributed by atoms with Gasteiger partial charge in [-0.25, -0.2) is 0 Å². The van der Waals surface area contributed by atoms with Gasteiger partial charge in [-0.2, -0.15) is 0 Å². The van der Waals surface area contributed by atoms with Crippen LogP contribution in [0.4, 0.5) is 0 Å². The molecule has 4 aliphatic heterocycles. The zero-order chi connectivity index (χ0) is 102. The molecule has 22 heteroatoms. The van der Waals surface area contributed by atoms with Crippen LogP contribution in [0.2, 0.25) is 0 Å². The Morgan fingerprint density at radius 1 is 0.344 bits per heavy atom. The van der Waals surface area contributed by atoms with Crippen LogP contribution >= 0.6 is 0 Å². The molecule has 22 nitrogen and oxygen atoms in total. The fraction of sp³-hybridized carbons (Fsp3) is 1.00. The number of likely N-dealkylation sites (tertiary alicyclic amines) is 3. The van der Waals surface area contributed by atoms with Crippen LogP contribution in [0.25, 0.3) is 0 Å². The predicted molar refractivity (Wildman–Crippen MR) is 582 cm³/mol. The fourth-order valence-corrected chi connectivity index (χ4v) is 12.1. The average molecular weight is 1830 g/mol. The van der Waals surface area contributed by atoms with Crippen molar-refractivity contribution in [1.29, 1.82) is 0 Å². The Bertz CT molecular complexity index is 2370. The van der Waals surface area contributed by atoms with Crippen LogP contribution in [-0.4, -0.2) is 515 Å². The second-order valence-corrected chi connectivity index (χ2v) is 49.5. The maximum absolute atomic E-state index is 5.50. The lowest BCUT2D eigenvalue weighted by Crippen LogP contribution is -2.59. The molecular formula is C106H247N21O. The highest BCUT2D eigenvalue weighted by Gasteiger charge is 2.31.